The van der Waals surface area contributed by atoms with Crippen molar-refractivity contribution >= 4 is 22.6 Å². The van der Waals surface area contributed by atoms with Gasteiger partial charge in [-0.05, 0) is 29.8 Å². The van der Waals surface area contributed by atoms with Crippen molar-refractivity contribution in [3.8, 4) is 11.5 Å². The zero-order chi connectivity index (χ0) is 15.8. The lowest BCUT2D eigenvalue weighted by Gasteiger charge is -2.06. The Hall–Kier alpha value is -3.02. The zero-order valence-electron chi connectivity index (χ0n) is 12.6. The number of nitrogens with one attached hydrogen (secondary N) is 1. The van der Waals surface area contributed by atoms with Gasteiger partial charge in [-0.3, -0.25) is 4.79 Å². The second kappa shape index (κ2) is 5.31. The third-order valence-electron chi connectivity index (χ3n) is 3.81. The number of aryl methyl sites for hydroxylation is 1. The van der Waals surface area contributed by atoms with Crippen molar-refractivity contribution < 1.29 is 14.3 Å². The first kappa shape index (κ1) is 13.6. The molecule has 0 aliphatic carbocycles. The summed E-state index contributed by atoms with van der Waals surface area (Å²) >= 11 is 0. The largest absolute Gasteiger partial charge is 0.454 e. The van der Waals surface area contributed by atoms with Crippen LogP contribution in [0.3, 0.4) is 0 Å². The molecule has 116 valence electrons. The molecule has 0 spiro atoms. The molecule has 3 aromatic rings. The molecule has 1 N–H and O–H groups in total. The summed E-state index contributed by atoms with van der Waals surface area (Å²) in [6.07, 6.45) is 2.06. The van der Waals surface area contributed by atoms with Crippen molar-refractivity contribution in [3.63, 3.8) is 0 Å². The van der Waals surface area contributed by atoms with Crippen molar-refractivity contribution in [1.82, 2.24) is 9.55 Å². The van der Waals surface area contributed by atoms with Crippen LogP contribution in [0.15, 0.2) is 42.7 Å². The maximum Gasteiger partial charge on any atom is 0.231 e. The minimum atomic E-state index is -0.0841. The molecule has 1 amide bonds. The quantitative estimate of drug-likeness (QED) is 0.807. The molecule has 2 aromatic carbocycles. The number of benzene rings is 2. The molecular formula is C17H15N3O3. The van der Waals surface area contributed by atoms with Gasteiger partial charge in [-0.15, -0.1) is 0 Å². The maximum absolute atomic E-state index is 12.2. The highest BCUT2D eigenvalue weighted by Crippen LogP contribution is 2.34. The molecule has 2 heterocycles. The Labute approximate surface area is 132 Å². The molecular weight excluding hydrogens is 294 g/mol. The van der Waals surface area contributed by atoms with E-state index in [1.807, 2.05) is 29.8 Å². The van der Waals surface area contributed by atoms with Crippen LogP contribution in [0.4, 0.5) is 5.69 Å². The number of carbonyl (C=O) groups is 1. The summed E-state index contributed by atoms with van der Waals surface area (Å²) < 4.78 is 12.5. The molecule has 4 rings (SSSR count). The molecule has 0 fully saturated rings. The molecule has 0 saturated heterocycles. The van der Waals surface area contributed by atoms with Gasteiger partial charge in [0.2, 0.25) is 12.7 Å². The van der Waals surface area contributed by atoms with Crippen molar-refractivity contribution in [2.45, 2.75) is 6.42 Å². The van der Waals surface area contributed by atoms with Crippen LogP contribution in [-0.2, 0) is 18.3 Å². The zero-order valence-corrected chi connectivity index (χ0v) is 12.6. The highest BCUT2D eigenvalue weighted by atomic mass is 16.7. The van der Waals surface area contributed by atoms with Gasteiger partial charge in [-0.2, -0.15) is 0 Å². The summed E-state index contributed by atoms with van der Waals surface area (Å²) in [6.45, 7) is 0.219. The summed E-state index contributed by atoms with van der Waals surface area (Å²) in [6, 6.07) is 11.2. The predicted octanol–water partition coefficient (Wildman–Crippen LogP) is 2.48. The van der Waals surface area contributed by atoms with E-state index in [1.54, 1.807) is 24.5 Å². The number of amides is 1. The van der Waals surface area contributed by atoms with Crippen LogP contribution in [0, 0.1) is 0 Å². The van der Waals surface area contributed by atoms with E-state index < -0.39 is 0 Å². The number of fused-ring (bicyclic) bond motifs is 2. The Morgan fingerprint density at radius 3 is 3.00 bits per heavy atom. The molecule has 0 saturated carbocycles. The lowest BCUT2D eigenvalue weighted by Crippen LogP contribution is -2.14. The highest BCUT2D eigenvalue weighted by Gasteiger charge is 2.14. The van der Waals surface area contributed by atoms with E-state index in [9.17, 15) is 4.79 Å². The van der Waals surface area contributed by atoms with Gasteiger partial charge in [0, 0.05) is 18.8 Å². The predicted molar refractivity (Wildman–Crippen MR) is 85.6 cm³/mol. The molecule has 0 radical (unpaired) electrons. The average Bonchev–Trinajstić information content (AvgIpc) is 3.13. The monoisotopic (exact) mass is 309 g/mol. The Balaban J connectivity index is 1.48. The first-order valence-electron chi connectivity index (χ1n) is 7.28. The third kappa shape index (κ3) is 2.59. The van der Waals surface area contributed by atoms with E-state index in [2.05, 4.69) is 10.3 Å². The van der Waals surface area contributed by atoms with Crippen LogP contribution < -0.4 is 14.8 Å². The van der Waals surface area contributed by atoms with Gasteiger partial charge >= 0.3 is 0 Å². The molecule has 23 heavy (non-hydrogen) atoms. The van der Waals surface area contributed by atoms with E-state index in [0.29, 0.717) is 23.6 Å². The second-order valence-electron chi connectivity index (χ2n) is 5.47. The lowest BCUT2D eigenvalue weighted by atomic mass is 10.1. The number of carbonyl (C=O) groups excluding carboxylic acids is 1. The van der Waals surface area contributed by atoms with Crippen LogP contribution in [-0.4, -0.2) is 22.3 Å². The van der Waals surface area contributed by atoms with Crippen LogP contribution in [0.25, 0.3) is 11.0 Å². The summed E-state index contributed by atoms with van der Waals surface area (Å²) in [5, 5.41) is 2.87. The molecule has 1 aromatic heterocycles. The van der Waals surface area contributed by atoms with Gasteiger partial charge < -0.3 is 19.4 Å². The number of ether oxygens (including phenoxy) is 2. The van der Waals surface area contributed by atoms with Crippen LogP contribution in [0.1, 0.15) is 5.56 Å². The highest BCUT2D eigenvalue weighted by molar-refractivity contribution is 5.93. The minimum Gasteiger partial charge on any atom is -0.454 e. The van der Waals surface area contributed by atoms with Crippen LogP contribution in [0.5, 0.6) is 11.5 Å². The van der Waals surface area contributed by atoms with Gasteiger partial charge in [-0.1, -0.05) is 6.07 Å². The van der Waals surface area contributed by atoms with Crippen molar-refractivity contribution in [3.05, 3.63) is 48.3 Å². The SMILES string of the molecule is Cn1cnc2cc(CC(=O)Nc3ccc4c(c3)OCO4)ccc21. The molecule has 6 heteroatoms. The van der Waals surface area contributed by atoms with E-state index in [1.165, 1.54) is 0 Å². The first-order valence-corrected chi connectivity index (χ1v) is 7.28. The van der Waals surface area contributed by atoms with Crippen molar-refractivity contribution in [1.29, 1.82) is 0 Å². The second-order valence-corrected chi connectivity index (χ2v) is 5.47. The molecule has 1 aliphatic rings. The molecule has 1 aliphatic heterocycles. The Morgan fingerprint density at radius 1 is 1.22 bits per heavy atom. The maximum atomic E-state index is 12.2. The molecule has 6 nitrogen and oxygen atoms in total. The number of rotatable bonds is 3. The number of aromatic nitrogens is 2. The number of anilines is 1. The minimum absolute atomic E-state index is 0.0841. The van der Waals surface area contributed by atoms with E-state index >= 15 is 0 Å². The molecule has 0 unspecified atom stereocenters. The Morgan fingerprint density at radius 2 is 2.09 bits per heavy atom. The van der Waals surface area contributed by atoms with Crippen LogP contribution >= 0.6 is 0 Å². The lowest BCUT2D eigenvalue weighted by molar-refractivity contribution is -0.115. The van der Waals surface area contributed by atoms with Crippen LogP contribution in [0.2, 0.25) is 0 Å². The standard InChI is InChI=1S/C17H15N3O3/c1-20-9-18-13-6-11(2-4-14(13)20)7-17(21)19-12-3-5-15-16(8-12)23-10-22-15/h2-6,8-9H,7,10H2,1H3,(H,19,21). The van der Waals surface area contributed by atoms with E-state index in [4.69, 9.17) is 9.47 Å². The number of hydrogen-bond acceptors (Lipinski definition) is 4. The fourth-order valence-electron chi connectivity index (χ4n) is 2.66. The van der Waals surface area contributed by atoms with Gasteiger partial charge in [0.25, 0.3) is 0 Å². The summed E-state index contributed by atoms with van der Waals surface area (Å²) in [5.41, 5.74) is 3.55. The smallest absolute Gasteiger partial charge is 0.231 e. The summed E-state index contributed by atoms with van der Waals surface area (Å²) in [4.78, 5) is 16.5. The number of imidazole rings is 1. The Bertz CT molecular complexity index is 901. The summed E-state index contributed by atoms with van der Waals surface area (Å²) in [5.74, 6) is 1.26. The normalized spacial score (nSPS) is 12.6. The van der Waals surface area contributed by atoms with Gasteiger partial charge in [0.1, 0.15) is 0 Å². The van der Waals surface area contributed by atoms with E-state index in [-0.39, 0.29) is 12.7 Å². The summed E-state index contributed by atoms with van der Waals surface area (Å²) in [7, 11) is 1.95. The Kier molecular flexibility index (Phi) is 3.15. The topological polar surface area (TPSA) is 65.4 Å². The van der Waals surface area contributed by atoms with Crippen molar-refractivity contribution in [2.24, 2.45) is 7.05 Å². The van der Waals surface area contributed by atoms with E-state index in [0.717, 1.165) is 16.6 Å². The van der Waals surface area contributed by atoms with Gasteiger partial charge in [0.15, 0.2) is 11.5 Å². The number of nitrogens with zero attached hydrogens (tertiary/aromatic N) is 2. The first-order chi connectivity index (χ1) is 11.2. The average molecular weight is 309 g/mol. The van der Waals surface area contributed by atoms with Gasteiger partial charge in [0.05, 0.1) is 23.8 Å². The van der Waals surface area contributed by atoms with Crippen molar-refractivity contribution in [2.75, 3.05) is 12.1 Å². The third-order valence-corrected chi connectivity index (χ3v) is 3.81. The molecule has 0 bridgehead atoms. The number of hydrogen-bond donors (Lipinski definition) is 1. The van der Waals surface area contributed by atoms with Gasteiger partial charge in [-0.25, -0.2) is 4.98 Å². The molecule has 0 atom stereocenters. The fourth-order valence-corrected chi connectivity index (χ4v) is 2.66. The fraction of sp³-hybridized carbons (Fsp3) is 0.176.